The monoisotopic (exact) mass is 252 g/mol. The second-order valence-electron chi connectivity index (χ2n) is 6.54. The van der Waals surface area contributed by atoms with Gasteiger partial charge in [0.15, 0.2) is 0 Å². The van der Waals surface area contributed by atoms with Gasteiger partial charge in [-0.1, -0.05) is 26.7 Å². The SMILES string of the molecule is CC1CC(C)CC(NCC(=O)NC2CCCC2)C1. The minimum absolute atomic E-state index is 0.188. The number of hydrogen-bond acceptors (Lipinski definition) is 2. The van der Waals surface area contributed by atoms with Crippen molar-refractivity contribution in [1.29, 1.82) is 0 Å². The van der Waals surface area contributed by atoms with Crippen LogP contribution in [0, 0.1) is 11.8 Å². The molecular formula is C15H28N2O. The van der Waals surface area contributed by atoms with E-state index in [2.05, 4.69) is 24.5 Å². The number of amides is 1. The minimum atomic E-state index is 0.188. The molecule has 104 valence electrons. The molecule has 1 amide bonds. The summed E-state index contributed by atoms with van der Waals surface area (Å²) in [5, 5.41) is 6.58. The molecule has 0 aromatic heterocycles. The van der Waals surface area contributed by atoms with Crippen molar-refractivity contribution in [3.05, 3.63) is 0 Å². The molecular weight excluding hydrogens is 224 g/mol. The number of carbonyl (C=O) groups is 1. The predicted octanol–water partition coefficient (Wildman–Crippen LogP) is 2.46. The van der Waals surface area contributed by atoms with Gasteiger partial charge in [-0.05, 0) is 43.9 Å². The van der Waals surface area contributed by atoms with E-state index in [4.69, 9.17) is 0 Å². The molecule has 3 heteroatoms. The van der Waals surface area contributed by atoms with Gasteiger partial charge in [0.1, 0.15) is 0 Å². The Hall–Kier alpha value is -0.570. The van der Waals surface area contributed by atoms with Gasteiger partial charge in [0.2, 0.25) is 5.91 Å². The van der Waals surface area contributed by atoms with Crippen molar-refractivity contribution < 1.29 is 4.79 Å². The van der Waals surface area contributed by atoms with Crippen LogP contribution in [-0.4, -0.2) is 24.5 Å². The average molecular weight is 252 g/mol. The Balaban J connectivity index is 1.65. The third-order valence-corrected chi connectivity index (χ3v) is 4.45. The maximum Gasteiger partial charge on any atom is 0.234 e. The molecule has 2 rings (SSSR count). The lowest BCUT2D eigenvalue weighted by molar-refractivity contribution is -0.121. The average Bonchev–Trinajstić information content (AvgIpc) is 2.78. The maximum atomic E-state index is 11.8. The highest BCUT2D eigenvalue weighted by molar-refractivity contribution is 5.78. The summed E-state index contributed by atoms with van der Waals surface area (Å²) >= 11 is 0. The van der Waals surface area contributed by atoms with Crippen molar-refractivity contribution in [2.24, 2.45) is 11.8 Å². The molecule has 0 aromatic carbocycles. The normalized spacial score (nSPS) is 33.6. The van der Waals surface area contributed by atoms with E-state index in [-0.39, 0.29) is 5.91 Å². The topological polar surface area (TPSA) is 41.1 Å². The molecule has 2 aliphatic rings. The summed E-state index contributed by atoms with van der Waals surface area (Å²) in [6, 6.07) is 0.988. The Bertz CT molecular complexity index is 264. The van der Waals surface area contributed by atoms with E-state index >= 15 is 0 Å². The highest BCUT2D eigenvalue weighted by Crippen LogP contribution is 2.28. The zero-order valence-electron chi connectivity index (χ0n) is 11.9. The fraction of sp³-hybridized carbons (Fsp3) is 0.933. The van der Waals surface area contributed by atoms with Crippen LogP contribution in [0.1, 0.15) is 58.8 Å². The first-order valence-electron chi connectivity index (χ1n) is 7.66. The molecule has 3 nitrogen and oxygen atoms in total. The van der Waals surface area contributed by atoms with E-state index in [0.717, 1.165) is 11.8 Å². The minimum Gasteiger partial charge on any atom is -0.352 e. The summed E-state index contributed by atoms with van der Waals surface area (Å²) < 4.78 is 0. The first-order chi connectivity index (χ1) is 8.63. The van der Waals surface area contributed by atoms with Gasteiger partial charge < -0.3 is 10.6 Å². The molecule has 2 unspecified atom stereocenters. The molecule has 18 heavy (non-hydrogen) atoms. The van der Waals surface area contributed by atoms with E-state index in [1.54, 1.807) is 0 Å². The van der Waals surface area contributed by atoms with Crippen molar-refractivity contribution in [3.8, 4) is 0 Å². The van der Waals surface area contributed by atoms with Crippen molar-refractivity contribution in [2.75, 3.05) is 6.54 Å². The highest BCUT2D eigenvalue weighted by Gasteiger charge is 2.24. The van der Waals surface area contributed by atoms with Crippen LogP contribution in [-0.2, 0) is 4.79 Å². The summed E-state index contributed by atoms with van der Waals surface area (Å²) in [6.45, 7) is 5.15. The van der Waals surface area contributed by atoms with Gasteiger partial charge in [0.05, 0.1) is 6.54 Å². The van der Waals surface area contributed by atoms with Crippen LogP contribution in [0.2, 0.25) is 0 Å². The van der Waals surface area contributed by atoms with E-state index in [1.807, 2.05) is 0 Å². The van der Waals surface area contributed by atoms with Crippen LogP contribution in [0.3, 0.4) is 0 Å². The van der Waals surface area contributed by atoms with Gasteiger partial charge in [-0.15, -0.1) is 0 Å². The molecule has 0 aromatic rings. The molecule has 2 saturated carbocycles. The number of carbonyl (C=O) groups excluding carboxylic acids is 1. The van der Waals surface area contributed by atoms with Gasteiger partial charge in [-0.25, -0.2) is 0 Å². The molecule has 2 N–H and O–H groups in total. The fourth-order valence-electron chi connectivity index (χ4n) is 3.70. The Morgan fingerprint density at radius 3 is 2.22 bits per heavy atom. The lowest BCUT2D eigenvalue weighted by Crippen LogP contribution is -2.44. The summed E-state index contributed by atoms with van der Waals surface area (Å²) in [6.07, 6.45) is 8.67. The smallest absolute Gasteiger partial charge is 0.234 e. The Labute approximate surface area is 111 Å². The molecule has 0 radical (unpaired) electrons. The van der Waals surface area contributed by atoms with Crippen molar-refractivity contribution in [1.82, 2.24) is 10.6 Å². The number of hydrogen-bond donors (Lipinski definition) is 2. The van der Waals surface area contributed by atoms with Gasteiger partial charge in [0.25, 0.3) is 0 Å². The van der Waals surface area contributed by atoms with Crippen LogP contribution < -0.4 is 10.6 Å². The summed E-state index contributed by atoms with van der Waals surface area (Å²) in [5.41, 5.74) is 0. The first-order valence-corrected chi connectivity index (χ1v) is 7.66. The van der Waals surface area contributed by atoms with Crippen molar-refractivity contribution >= 4 is 5.91 Å². The predicted molar refractivity (Wildman–Crippen MR) is 74.4 cm³/mol. The highest BCUT2D eigenvalue weighted by atomic mass is 16.1. The number of nitrogens with one attached hydrogen (secondary N) is 2. The molecule has 0 bridgehead atoms. The van der Waals surface area contributed by atoms with E-state index in [9.17, 15) is 4.79 Å². The van der Waals surface area contributed by atoms with E-state index in [1.165, 1.54) is 44.9 Å². The van der Waals surface area contributed by atoms with Crippen LogP contribution in [0.5, 0.6) is 0 Å². The number of rotatable bonds is 4. The largest absolute Gasteiger partial charge is 0.352 e. The quantitative estimate of drug-likeness (QED) is 0.807. The van der Waals surface area contributed by atoms with Crippen molar-refractivity contribution in [2.45, 2.75) is 70.9 Å². The van der Waals surface area contributed by atoms with Gasteiger partial charge >= 0.3 is 0 Å². The van der Waals surface area contributed by atoms with Crippen LogP contribution in [0.25, 0.3) is 0 Å². The zero-order valence-corrected chi connectivity index (χ0v) is 11.9. The Morgan fingerprint density at radius 2 is 1.61 bits per heavy atom. The van der Waals surface area contributed by atoms with Gasteiger partial charge in [-0.3, -0.25) is 4.79 Å². The van der Waals surface area contributed by atoms with Crippen LogP contribution in [0.4, 0.5) is 0 Å². The summed E-state index contributed by atoms with van der Waals surface area (Å²) in [5.74, 6) is 1.78. The molecule has 2 aliphatic carbocycles. The van der Waals surface area contributed by atoms with Gasteiger partial charge in [0, 0.05) is 12.1 Å². The zero-order chi connectivity index (χ0) is 13.0. The standard InChI is InChI=1S/C15H28N2O/c1-11-7-12(2)9-14(8-11)16-10-15(18)17-13-5-3-4-6-13/h11-14,16H,3-10H2,1-2H3,(H,17,18). The van der Waals surface area contributed by atoms with E-state index in [0.29, 0.717) is 18.6 Å². The second kappa shape index (κ2) is 6.55. The Morgan fingerprint density at radius 1 is 1.00 bits per heavy atom. The summed E-state index contributed by atoms with van der Waals surface area (Å²) in [7, 11) is 0. The Kier molecular flexibility index (Phi) is 5.04. The fourth-order valence-corrected chi connectivity index (χ4v) is 3.70. The third kappa shape index (κ3) is 4.27. The van der Waals surface area contributed by atoms with Crippen LogP contribution in [0.15, 0.2) is 0 Å². The van der Waals surface area contributed by atoms with Gasteiger partial charge in [-0.2, -0.15) is 0 Å². The molecule has 0 saturated heterocycles. The third-order valence-electron chi connectivity index (χ3n) is 4.45. The maximum absolute atomic E-state index is 11.8. The van der Waals surface area contributed by atoms with Crippen molar-refractivity contribution in [3.63, 3.8) is 0 Å². The van der Waals surface area contributed by atoms with Crippen LogP contribution >= 0.6 is 0 Å². The molecule has 0 heterocycles. The molecule has 0 aliphatic heterocycles. The molecule has 2 atom stereocenters. The summed E-state index contributed by atoms with van der Waals surface area (Å²) in [4.78, 5) is 11.8. The molecule has 2 fully saturated rings. The lowest BCUT2D eigenvalue weighted by Gasteiger charge is -2.32. The second-order valence-corrected chi connectivity index (χ2v) is 6.54. The molecule has 0 spiro atoms. The first kappa shape index (κ1) is 13.9. The van der Waals surface area contributed by atoms with E-state index < -0.39 is 0 Å². The lowest BCUT2D eigenvalue weighted by atomic mass is 9.80.